The number of non-ortho nitro benzene ring substituents is 1. The second-order valence-electron chi connectivity index (χ2n) is 4.31. The van der Waals surface area contributed by atoms with Gasteiger partial charge in [0.1, 0.15) is 0 Å². The first-order chi connectivity index (χ1) is 11.0. The van der Waals surface area contributed by atoms with E-state index in [9.17, 15) is 32.1 Å². The highest BCUT2D eigenvalue weighted by molar-refractivity contribution is 9.11. The van der Waals surface area contributed by atoms with Gasteiger partial charge in [-0.25, -0.2) is 0 Å². The van der Waals surface area contributed by atoms with Crippen LogP contribution in [0.25, 0.3) is 0 Å². The van der Waals surface area contributed by atoms with E-state index in [1.165, 1.54) is 0 Å². The minimum absolute atomic E-state index is 0.318. The molecule has 0 aliphatic rings. The molecule has 0 radical (unpaired) electrons. The predicted molar refractivity (Wildman–Crippen MR) is 80.9 cm³/mol. The van der Waals surface area contributed by atoms with E-state index in [-0.39, 0.29) is 5.69 Å². The lowest BCUT2D eigenvalue weighted by Crippen LogP contribution is -2.10. The molecule has 5 nitrogen and oxygen atoms in total. The number of anilines is 2. The van der Waals surface area contributed by atoms with E-state index in [1.54, 1.807) is 0 Å². The standard InChI is InChI=1S/C12H4Br2F5N3O2/c13-7-9(8(14)11(16)21-10(7)15)20-6-2-1-4(22(23)24)3-5(6)12(17,18)19/h1-3H,(H,20,21). The Labute approximate surface area is 147 Å². The third-order valence-corrected chi connectivity index (χ3v) is 4.22. The highest BCUT2D eigenvalue weighted by atomic mass is 79.9. The topological polar surface area (TPSA) is 68.1 Å². The average Bonchev–Trinajstić information content (AvgIpc) is 2.48. The number of nitro groups is 1. The summed E-state index contributed by atoms with van der Waals surface area (Å²) in [5.41, 5.74) is -3.16. The SMILES string of the molecule is O=[N+]([O-])c1ccc(Nc2c(Br)c(F)nc(F)c2Br)c(C(F)(F)F)c1. The second kappa shape index (κ2) is 6.59. The third kappa shape index (κ3) is 3.64. The van der Waals surface area contributed by atoms with Crippen LogP contribution in [0, 0.1) is 22.0 Å². The number of nitro benzene ring substituents is 1. The van der Waals surface area contributed by atoms with Gasteiger partial charge in [-0.2, -0.15) is 26.9 Å². The number of rotatable bonds is 3. The molecule has 1 aromatic carbocycles. The van der Waals surface area contributed by atoms with Gasteiger partial charge in [0.25, 0.3) is 5.69 Å². The lowest BCUT2D eigenvalue weighted by atomic mass is 10.1. The number of hydrogen-bond acceptors (Lipinski definition) is 4. The van der Waals surface area contributed by atoms with Gasteiger partial charge >= 0.3 is 6.18 Å². The molecule has 24 heavy (non-hydrogen) atoms. The van der Waals surface area contributed by atoms with E-state index in [2.05, 4.69) is 42.2 Å². The van der Waals surface area contributed by atoms with Crippen molar-refractivity contribution in [3.8, 4) is 0 Å². The number of benzene rings is 1. The molecule has 1 heterocycles. The van der Waals surface area contributed by atoms with Crippen LogP contribution in [0.5, 0.6) is 0 Å². The molecule has 0 fully saturated rings. The Hall–Kier alpha value is -1.82. The summed E-state index contributed by atoms with van der Waals surface area (Å²) in [6.45, 7) is 0. The second-order valence-corrected chi connectivity index (χ2v) is 5.89. The fourth-order valence-corrected chi connectivity index (χ4v) is 2.76. The summed E-state index contributed by atoms with van der Waals surface area (Å²) in [6, 6.07) is 1.93. The Kier molecular flexibility index (Phi) is 5.08. The third-order valence-electron chi connectivity index (χ3n) is 2.78. The molecule has 0 atom stereocenters. The predicted octanol–water partition coefficient (Wildman–Crippen LogP) is 5.56. The van der Waals surface area contributed by atoms with Crippen molar-refractivity contribution < 1.29 is 26.9 Å². The lowest BCUT2D eigenvalue weighted by Gasteiger charge is -2.16. The van der Waals surface area contributed by atoms with Crippen molar-refractivity contribution in [2.75, 3.05) is 5.32 Å². The van der Waals surface area contributed by atoms with Crippen LogP contribution in [-0.4, -0.2) is 9.91 Å². The van der Waals surface area contributed by atoms with Gasteiger partial charge in [0.15, 0.2) is 0 Å². The Bertz CT molecular complexity index is 803. The van der Waals surface area contributed by atoms with Crippen LogP contribution in [0.1, 0.15) is 5.56 Å². The fraction of sp³-hybridized carbons (Fsp3) is 0.0833. The molecule has 0 saturated carbocycles. The van der Waals surface area contributed by atoms with Crippen molar-refractivity contribution in [1.29, 1.82) is 0 Å². The van der Waals surface area contributed by atoms with Crippen LogP contribution < -0.4 is 5.32 Å². The van der Waals surface area contributed by atoms with Gasteiger partial charge in [-0.05, 0) is 37.9 Å². The number of halogens is 7. The molecule has 2 rings (SSSR count). The van der Waals surface area contributed by atoms with Crippen molar-refractivity contribution in [1.82, 2.24) is 4.98 Å². The molecule has 1 N–H and O–H groups in total. The Balaban J connectivity index is 2.61. The molecule has 128 valence electrons. The molecule has 12 heteroatoms. The van der Waals surface area contributed by atoms with Gasteiger partial charge in [0.2, 0.25) is 11.9 Å². The monoisotopic (exact) mass is 475 g/mol. The summed E-state index contributed by atoms with van der Waals surface area (Å²) in [4.78, 5) is 12.6. The van der Waals surface area contributed by atoms with E-state index in [4.69, 9.17) is 0 Å². The van der Waals surface area contributed by atoms with Gasteiger partial charge < -0.3 is 5.32 Å². The number of alkyl halides is 3. The summed E-state index contributed by atoms with van der Waals surface area (Å²) in [7, 11) is 0. The normalized spacial score (nSPS) is 11.5. The quantitative estimate of drug-likeness (QED) is 0.273. The molecule has 2 aromatic rings. The van der Waals surface area contributed by atoms with E-state index >= 15 is 0 Å². The van der Waals surface area contributed by atoms with Gasteiger partial charge in [0, 0.05) is 12.1 Å². The summed E-state index contributed by atoms with van der Waals surface area (Å²) >= 11 is 5.50. The number of pyridine rings is 1. The smallest absolute Gasteiger partial charge is 0.353 e. The zero-order chi connectivity index (χ0) is 18.2. The summed E-state index contributed by atoms with van der Waals surface area (Å²) in [5.74, 6) is -2.57. The number of nitrogens with one attached hydrogen (secondary N) is 1. The molecule has 0 saturated heterocycles. The Morgan fingerprint density at radius 1 is 1.12 bits per heavy atom. The van der Waals surface area contributed by atoms with Gasteiger partial charge in [-0.3, -0.25) is 10.1 Å². The van der Waals surface area contributed by atoms with Gasteiger partial charge in [-0.1, -0.05) is 0 Å². The number of hydrogen-bond donors (Lipinski definition) is 1. The molecule has 1 aromatic heterocycles. The molecule has 0 aliphatic heterocycles. The Morgan fingerprint density at radius 2 is 1.67 bits per heavy atom. The summed E-state index contributed by atoms with van der Waals surface area (Å²) < 4.78 is 65.4. The fourth-order valence-electron chi connectivity index (χ4n) is 1.72. The van der Waals surface area contributed by atoms with Crippen LogP contribution in [0.15, 0.2) is 27.1 Å². The van der Waals surface area contributed by atoms with Crippen molar-refractivity contribution in [3.05, 3.63) is 54.7 Å². The lowest BCUT2D eigenvalue weighted by molar-refractivity contribution is -0.385. The van der Waals surface area contributed by atoms with E-state index < -0.39 is 48.9 Å². The van der Waals surface area contributed by atoms with E-state index in [0.29, 0.717) is 6.07 Å². The summed E-state index contributed by atoms with van der Waals surface area (Å²) in [5, 5.41) is 12.8. The summed E-state index contributed by atoms with van der Waals surface area (Å²) in [6.07, 6.45) is -4.93. The average molecular weight is 477 g/mol. The first-order valence-electron chi connectivity index (χ1n) is 5.85. The first kappa shape index (κ1) is 18.5. The highest BCUT2D eigenvalue weighted by Crippen LogP contribution is 2.41. The molecular weight excluding hydrogens is 473 g/mol. The molecule has 0 unspecified atom stereocenters. The van der Waals surface area contributed by atoms with Crippen LogP contribution in [-0.2, 0) is 6.18 Å². The largest absolute Gasteiger partial charge is 0.418 e. The van der Waals surface area contributed by atoms with E-state index in [1.807, 2.05) is 0 Å². The van der Waals surface area contributed by atoms with Crippen LogP contribution in [0.4, 0.5) is 39.0 Å². The molecule has 0 amide bonds. The number of aromatic nitrogens is 1. The van der Waals surface area contributed by atoms with Gasteiger partial charge in [-0.15, -0.1) is 0 Å². The minimum atomic E-state index is -4.93. The van der Waals surface area contributed by atoms with Crippen molar-refractivity contribution in [2.24, 2.45) is 0 Å². The Morgan fingerprint density at radius 3 is 2.12 bits per heavy atom. The van der Waals surface area contributed by atoms with Crippen molar-refractivity contribution in [3.63, 3.8) is 0 Å². The highest BCUT2D eigenvalue weighted by Gasteiger charge is 2.35. The number of nitrogens with zero attached hydrogens (tertiary/aromatic N) is 2. The van der Waals surface area contributed by atoms with Crippen LogP contribution >= 0.6 is 31.9 Å². The zero-order valence-electron chi connectivity index (χ0n) is 11.1. The molecule has 0 aliphatic carbocycles. The van der Waals surface area contributed by atoms with Crippen molar-refractivity contribution >= 4 is 48.9 Å². The van der Waals surface area contributed by atoms with Crippen LogP contribution in [0.2, 0.25) is 0 Å². The maximum Gasteiger partial charge on any atom is 0.418 e. The van der Waals surface area contributed by atoms with E-state index in [0.717, 1.165) is 12.1 Å². The molecular formula is C12H4Br2F5N3O2. The zero-order valence-corrected chi connectivity index (χ0v) is 14.3. The molecule has 0 bridgehead atoms. The van der Waals surface area contributed by atoms with Crippen LogP contribution in [0.3, 0.4) is 0 Å². The van der Waals surface area contributed by atoms with Crippen molar-refractivity contribution in [2.45, 2.75) is 6.18 Å². The maximum absolute atomic E-state index is 13.5. The maximum atomic E-state index is 13.5. The molecule has 0 spiro atoms. The van der Waals surface area contributed by atoms with Gasteiger partial charge in [0.05, 0.1) is 30.8 Å². The minimum Gasteiger partial charge on any atom is -0.353 e. The first-order valence-corrected chi connectivity index (χ1v) is 7.43.